The summed E-state index contributed by atoms with van der Waals surface area (Å²) in [7, 11) is 2.04. The van der Waals surface area contributed by atoms with Crippen molar-refractivity contribution in [3.8, 4) is 5.95 Å². The van der Waals surface area contributed by atoms with Crippen LogP contribution in [-0.2, 0) is 15.9 Å². The zero-order chi connectivity index (χ0) is 20.6. The predicted molar refractivity (Wildman–Crippen MR) is 117 cm³/mol. The fraction of sp³-hybridized carbons (Fsp3) is 0.381. The first-order valence-corrected chi connectivity index (χ1v) is 10.8. The topological polar surface area (TPSA) is 77.3 Å². The van der Waals surface area contributed by atoms with E-state index in [4.69, 9.17) is 9.47 Å². The molecule has 0 spiro atoms. The summed E-state index contributed by atoms with van der Waals surface area (Å²) in [6.07, 6.45) is 9.40. The molecule has 1 N–H and O–H groups in total. The Kier molecular flexibility index (Phi) is 6.94. The molecule has 0 saturated heterocycles. The molecule has 8 nitrogen and oxygen atoms in total. The third kappa shape index (κ3) is 5.58. The lowest BCUT2D eigenvalue weighted by Crippen LogP contribution is -2.24. The van der Waals surface area contributed by atoms with E-state index in [-0.39, 0.29) is 6.29 Å². The number of benzene rings is 1. The van der Waals surface area contributed by atoms with Crippen molar-refractivity contribution in [3.05, 3.63) is 66.6 Å². The Morgan fingerprint density at radius 1 is 1.23 bits per heavy atom. The highest BCUT2D eigenvalue weighted by atomic mass is 32.1. The normalized spacial score (nSPS) is 15.5. The van der Waals surface area contributed by atoms with E-state index in [2.05, 4.69) is 36.7 Å². The van der Waals surface area contributed by atoms with E-state index in [0.29, 0.717) is 5.95 Å². The van der Waals surface area contributed by atoms with E-state index in [1.54, 1.807) is 18.8 Å². The Morgan fingerprint density at radius 2 is 2.13 bits per heavy atom. The summed E-state index contributed by atoms with van der Waals surface area (Å²) in [5.41, 5.74) is 1.21. The minimum absolute atomic E-state index is 0.213. The molecule has 4 rings (SSSR count). The largest absolute Gasteiger partial charge is 0.459 e. The van der Waals surface area contributed by atoms with Gasteiger partial charge >= 0.3 is 0 Å². The molecule has 1 unspecified atom stereocenters. The van der Waals surface area contributed by atoms with Gasteiger partial charge in [-0.3, -0.25) is 4.57 Å². The van der Waals surface area contributed by atoms with Gasteiger partial charge in [0.25, 0.3) is 0 Å². The van der Waals surface area contributed by atoms with Gasteiger partial charge in [0, 0.05) is 56.9 Å². The third-order valence-corrected chi connectivity index (χ3v) is 5.56. The molecule has 30 heavy (non-hydrogen) atoms. The second kappa shape index (κ2) is 10.2. The number of nitrogens with one attached hydrogen (secondary N) is 1. The molecule has 1 aliphatic rings. The Morgan fingerprint density at radius 3 is 2.97 bits per heavy atom. The third-order valence-electron chi connectivity index (χ3n) is 4.74. The van der Waals surface area contributed by atoms with Gasteiger partial charge in [-0.2, -0.15) is 9.36 Å². The summed E-state index contributed by atoms with van der Waals surface area (Å²) in [5.74, 6) is 1.57. The summed E-state index contributed by atoms with van der Waals surface area (Å²) in [5, 5.41) is 4.37. The van der Waals surface area contributed by atoms with Crippen LogP contribution in [0.15, 0.2) is 61.1 Å². The number of rotatable bonds is 11. The van der Waals surface area contributed by atoms with Crippen molar-refractivity contribution >= 4 is 16.7 Å². The number of imidazole rings is 1. The maximum Gasteiger partial charge on any atom is 0.248 e. The van der Waals surface area contributed by atoms with Crippen LogP contribution >= 0.6 is 11.5 Å². The van der Waals surface area contributed by atoms with Crippen LogP contribution in [-0.4, -0.2) is 51.9 Å². The molecular formula is C21H26N6O2S. The van der Waals surface area contributed by atoms with Gasteiger partial charge in [-0.15, -0.1) is 0 Å². The number of hydrogen-bond acceptors (Lipinski definition) is 8. The van der Waals surface area contributed by atoms with E-state index in [1.807, 2.05) is 36.0 Å². The molecule has 3 aromatic rings. The lowest BCUT2D eigenvalue weighted by atomic mass is 10.1. The van der Waals surface area contributed by atoms with E-state index in [1.165, 1.54) is 17.1 Å². The van der Waals surface area contributed by atoms with Crippen molar-refractivity contribution in [3.63, 3.8) is 0 Å². The van der Waals surface area contributed by atoms with Gasteiger partial charge in [-0.1, -0.05) is 30.3 Å². The second-order valence-corrected chi connectivity index (χ2v) is 7.81. The first kappa shape index (κ1) is 20.4. The van der Waals surface area contributed by atoms with Crippen LogP contribution in [0.1, 0.15) is 18.4 Å². The van der Waals surface area contributed by atoms with Crippen molar-refractivity contribution in [1.82, 2.24) is 24.2 Å². The summed E-state index contributed by atoms with van der Waals surface area (Å²) >= 11 is 1.40. The SMILES string of the molecule is CN(CCCNCCC1=COC(Cc2ccccc2)O1)c1nc(-n2ccnc2)ns1. The van der Waals surface area contributed by atoms with Crippen molar-refractivity contribution in [2.24, 2.45) is 0 Å². The van der Waals surface area contributed by atoms with Crippen LogP contribution in [0.5, 0.6) is 0 Å². The molecule has 2 aromatic heterocycles. The Labute approximate surface area is 180 Å². The lowest BCUT2D eigenvalue weighted by molar-refractivity contribution is -0.0314. The second-order valence-electron chi connectivity index (χ2n) is 7.08. The van der Waals surface area contributed by atoms with Crippen LogP contribution in [0.2, 0.25) is 0 Å². The van der Waals surface area contributed by atoms with Crippen LogP contribution in [0.25, 0.3) is 5.95 Å². The van der Waals surface area contributed by atoms with Crippen LogP contribution in [0, 0.1) is 0 Å². The molecule has 1 aromatic carbocycles. The lowest BCUT2D eigenvalue weighted by Gasteiger charge is -2.15. The van der Waals surface area contributed by atoms with Gasteiger partial charge in [0.2, 0.25) is 17.4 Å². The maximum absolute atomic E-state index is 5.87. The average Bonchev–Trinajstić information content (AvgIpc) is 3.53. The van der Waals surface area contributed by atoms with Crippen LogP contribution < -0.4 is 10.2 Å². The molecule has 0 bridgehead atoms. The summed E-state index contributed by atoms with van der Waals surface area (Å²) in [6.45, 7) is 2.70. The standard InChI is InChI=1S/C21H26N6O2S/c1-26(21-24-20(25-30-21)27-13-11-23-16-27)12-5-9-22-10-8-18-15-28-19(29-18)14-17-6-3-2-4-7-17/h2-4,6-7,11,13,15-16,19,22H,5,8-10,12,14H2,1H3. The fourth-order valence-corrected chi connectivity index (χ4v) is 3.76. The van der Waals surface area contributed by atoms with Crippen molar-refractivity contribution in [1.29, 1.82) is 0 Å². The predicted octanol–water partition coefficient (Wildman–Crippen LogP) is 2.99. The number of ether oxygens (including phenoxy) is 2. The molecule has 0 fully saturated rings. The molecule has 0 aliphatic carbocycles. The molecule has 158 valence electrons. The molecule has 3 heterocycles. The Hall–Kier alpha value is -2.91. The molecule has 9 heteroatoms. The summed E-state index contributed by atoms with van der Waals surface area (Å²) < 4.78 is 17.7. The van der Waals surface area contributed by atoms with Crippen LogP contribution in [0.3, 0.4) is 0 Å². The van der Waals surface area contributed by atoms with Crippen molar-refractivity contribution in [2.45, 2.75) is 25.6 Å². The highest BCUT2D eigenvalue weighted by Gasteiger charge is 2.19. The average molecular weight is 427 g/mol. The Bertz CT molecular complexity index is 928. The van der Waals surface area contributed by atoms with Gasteiger partial charge < -0.3 is 19.7 Å². The molecular weight excluding hydrogens is 400 g/mol. The fourth-order valence-electron chi connectivity index (χ4n) is 3.11. The quantitative estimate of drug-likeness (QED) is 0.472. The monoisotopic (exact) mass is 426 g/mol. The van der Waals surface area contributed by atoms with Gasteiger partial charge in [0.15, 0.2) is 0 Å². The first-order chi connectivity index (χ1) is 14.8. The minimum Gasteiger partial charge on any atom is -0.459 e. The van der Waals surface area contributed by atoms with Crippen molar-refractivity contribution < 1.29 is 9.47 Å². The highest BCUT2D eigenvalue weighted by molar-refractivity contribution is 7.09. The highest BCUT2D eigenvalue weighted by Crippen LogP contribution is 2.20. The smallest absolute Gasteiger partial charge is 0.248 e. The van der Waals surface area contributed by atoms with E-state index < -0.39 is 0 Å². The Balaban J connectivity index is 1.08. The number of anilines is 1. The number of hydrogen-bond donors (Lipinski definition) is 1. The summed E-state index contributed by atoms with van der Waals surface area (Å²) in [6, 6.07) is 10.3. The zero-order valence-corrected chi connectivity index (χ0v) is 17.8. The molecule has 0 radical (unpaired) electrons. The maximum atomic E-state index is 5.87. The molecule has 1 aliphatic heterocycles. The van der Waals surface area contributed by atoms with Gasteiger partial charge in [0.1, 0.15) is 18.3 Å². The molecule has 1 atom stereocenters. The number of nitrogens with zero attached hydrogens (tertiary/aromatic N) is 5. The van der Waals surface area contributed by atoms with Gasteiger partial charge in [-0.05, 0) is 18.5 Å². The minimum atomic E-state index is -0.213. The van der Waals surface area contributed by atoms with E-state index in [9.17, 15) is 0 Å². The van der Waals surface area contributed by atoms with Gasteiger partial charge in [-0.25, -0.2) is 4.98 Å². The van der Waals surface area contributed by atoms with Gasteiger partial charge in [0.05, 0.1) is 0 Å². The van der Waals surface area contributed by atoms with E-state index in [0.717, 1.165) is 49.8 Å². The van der Waals surface area contributed by atoms with Crippen molar-refractivity contribution in [2.75, 3.05) is 31.6 Å². The molecule has 0 amide bonds. The molecule has 0 saturated carbocycles. The van der Waals surface area contributed by atoms with E-state index >= 15 is 0 Å². The first-order valence-electron chi connectivity index (χ1n) is 10.1. The number of aromatic nitrogens is 4. The van der Waals surface area contributed by atoms with Crippen LogP contribution in [0.4, 0.5) is 5.13 Å². The zero-order valence-electron chi connectivity index (χ0n) is 17.0. The summed E-state index contributed by atoms with van der Waals surface area (Å²) in [4.78, 5) is 10.7.